The molecule has 1 aliphatic carbocycles. The minimum absolute atomic E-state index is 0.0435. The number of nitrogens with zero attached hydrogens (tertiary/aromatic N) is 1. The van der Waals surface area contributed by atoms with Crippen molar-refractivity contribution < 1.29 is 28.2 Å². The van der Waals surface area contributed by atoms with E-state index < -0.39 is 17.6 Å². The van der Waals surface area contributed by atoms with E-state index in [2.05, 4.69) is 35.5 Å². The zero-order valence-electron chi connectivity index (χ0n) is 23.0. The number of ether oxygens (including phenoxy) is 3. The fourth-order valence-corrected chi connectivity index (χ4v) is 4.33. The third-order valence-electron chi connectivity index (χ3n) is 6.48. The molecule has 214 valence electrons. The molecular weight excluding hydrogens is 502 g/mol. The quantitative estimate of drug-likeness (QED) is 0.208. The third kappa shape index (κ3) is 10.0. The summed E-state index contributed by atoms with van der Waals surface area (Å²) in [5, 5.41) is 6.05. The molecule has 1 atom stereocenters. The van der Waals surface area contributed by atoms with Gasteiger partial charge >= 0.3 is 11.7 Å². The van der Waals surface area contributed by atoms with Crippen molar-refractivity contribution in [1.82, 2.24) is 10.6 Å². The van der Waals surface area contributed by atoms with Crippen LogP contribution in [0.4, 0.5) is 10.5 Å². The van der Waals surface area contributed by atoms with Crippen LogP contribution >= 0.6 is 0 Å². The molecule has 39 heavy (non-hydrogen) atoms. The molecule has 2 N–H and O–H groups in total. The maximum Gasteiger partial charge on any atom is 0.407 e. The topological polar surface area (TPSA) is 119 Å². The number of carbonyl (C=O) groups excluding carboxylic acids is 2. The summed E-state index contributed by atoms with van der Waals surface area (Å²) in [7, 11) is 0. The van der Waals surface area contributed by atoms with Crippen LogP contribution in [0, 0.1) is 0 Å². The first-order valence-electron chi connectivity index (χ1n) is 13.9. The second-order valence-corrected chi connectivity index (χ2v) is 9.26. The average molecular weight is 544 g/mol. The summed E-state index contributed by atoms with van der Waals surface area (Å²) in [6.45, 7) is 7.66. The van der Waals surface area contributed by atoms with Gasteiger partial charge in [0.25, 0.3) is 5.91 Å². The number of nitrogens with one attached hydrogen (secondary N) is 2. The van der Waals surface area contributed by atoms with E-state index in [1.165, 1.54) is 6.42 Å². The van der Waals surface area contributed by atoms with Crippen molar-refractivity contribution >= 4 is 28.7 Å². The lowest BCUT2D eigenvalue weighted by Gasteiger charge is -2.21. The Morgan fingerprint density at radius 1 is 0.974 bits per heavy atom. The fourth-order valence-electron chi connectivity index (χ4n) is 4.33. The lowest BCUT2D eigenvalue weighted by molar-refractivity contribution is 0.0480. The number of alkyl carbamates (subject to hydrolysis) is 1. The van der Waals surface area contributed by atoms with E-state index >= 15 is 0 Å². The first-order chi connectivity index (χ1) is 19.0. The molecule has 2 amide bonds. The van der Waals surface area contributed by atoms with Crippen molar-refractivity contribution in [3.8, 4) is 0 Å². The van der Waals surface area contributed by atoms with Crippen molar-refractivity contribution in [2.45, 2.75) is 52.1 Å². The number of benzene rings is 1. The van der Waals surface area contributed by atoms with Crippen molar-refractivity contribution in [2.24, 2.45) is 0 Å². The minimum Gasteiger partial charge on any atom is -0.442 e. The van der Waals surface area contributed by atoms with Crippen molar-refractivity contribution in [3.63, 3.8) is 0 Å². The van der Waals surface area contributed by atoms with Crippen LogP contribution in [-0.4, -0.2) is 70.7 Å². The van der Waals surface area contributed by atoms with Gasteiger partial charge < -0.3 is 34.2 Å². The molecule has 0 saturated heterocycles. The molecule has 0 fully saturated rings. The van der Waals surface area contributed by atoms with Gasteiger partial charge in [-0.15, -0.1) is 0 Å². The first-order valence-corrected chi connectivity index (χ1v) is 13.9. The standard InChI is InChI=1S/C29H41N3O7/c1-3-32(4-2)23-13-12-22-20-25(28(34)39-26(22)21-23)27(33)30-14-16-36-18-19-37-17-15-31-29(35)38-24-10-8-6-5-7-9-11-24/h8,10,12-13,20-21,24H,3-7,9,11,14-19H2,1-2H3,(H,30,33)(H,31,35)/b10-8-/t24-/m1/s1. The summed E-state index contributed by atoms with van der Waals surface area (Å²) in [5.74, 6) is -0.508. The van der Waals surface area contributed by atoms with E-state index in [1.54, 1.807) is 6.07 Å². The number of hydrogen-bond acceptors (Lipinski definition) is 8. The summed E-state index contributed by atoms with van der Waals surface area (Å²) < 4.78 is 21.8. The van der Waals surface area contributed by atoms with Crippen LogP contribution in [-0.2, 0) is 14.2 Å². The highest BCUT2D eigenvalue weighted by Gasteiger charge is 2.15. The van der Waals surface area contributed by atoms with Gasteiger partial charge in [-0.1, -0.05) is 12.5 Å². The molecule has 0 radical (unpaired) electrons. The van der Waals surface area contributed by atoms with Crippen LogP contribution in [0.5, 0.6) is 0 Å². The molecule has 0 aliphatic heterocycles. The molecule has 0 bridgehead atoms. The van der Waals surface area contributed by atoms with E-state index in [9.17, 15) is 14.4 Å². The van der Waals surface area contributed by atoms with Gasteiger partial charge in [0.2, 0.25) is 0 Å². The smallest absolute Gasteiger partial charge is 0.407 e. The second kappa shape index (κ2) is 16.6. The highest BCUT2D eigenvalue weighted by Crippen LogP contribution is 2.22. The predicted octanol–water partition coefficient (Wildman–Crippen LogP) is 4.02. The van der Waals surface area contributed by atoms with Crippen LogP contribution in [0.25, 0.3) is 11.0 Å². The Hall–Kier alpha value is -3.37. The Morgan fingerprint density at radius 2 is 1.72 bits per heavy atom. The molecule has 0 unspecified atom stereocenters. The minimum atomic E-state index is -0.676. The van der Waals surface area contributed by atoms with Crippen molar-refractivity contribution in [2.75, 3.05) is 57.5 Å². The van der Waals surface area contributed by atoms with E-state index in [0.717, 1.165) is 44.5 Å². The molecule has 1 aromatic carbocycles. The average Bonchev–Trinajstić information content (AvgIpc) is 2.91. The summed E-state index contributed by atoms with van der Waals surface area (Å²) in [6, 6.07) is 7.17. The maximum absolute atomic E-state index is 12.5. The third-order valence-corrected chi connectivity index (χ3v) is 6.48. The van der Waals surface area contributed by atoms with E-state index in [0.29, 0.717) is 37.3 Å². The molecular formula is C29H41N3O7. The van der Waals surface area contributed by atoms with E-state index in [1.807, 2.05) is 24.3 Å². The number of amides is 2. The van der Waals surface area contributed by atoms with Gasteiger partial charge in [0, 0.05) is 43.3 Å². The number of hydrogen-bond donors (Lipinski definition) is 2. The molecule has 1 heterocycles. The zero-order chi connectivity index (χ0) is 27.9. The monoisotopic (exact) mass is 543 g/mol. The zero-order valence-corrected chi connectivity index (χ0v) is 23.0. The van der Waals surface area contributed by atoms with Gasteiger partial charge in [-0.25, -0.2) is 9.59 Å². The Labute approximate surface area is 229 Å². The first kappa shape index (κ1) is 30.2. The van der Waals surface area contributed by atoms with Crippen molar-refractivity contribution in [3.05, 3.63) is 52.4 Å². The fraction of sp³-hybridized carbons (Fsp3) is 0.552. The van der Waals surface area contributed by atoms with Crippen LogP contribution in [0.2, 0.25) is 0 Å². The number of fused-ring (bicyclic) bond motifs is 1. The van der Waals surface area contributed by atoms with Gasteiger partial charge in [-0.3, -0.25) is 4.79 Å². The van der Waals surface area contributed by atoms with E-state index in [-0.39, 0.29) is 24.8 Å². The number of rotatable bonds is 14. The summed E-state index contributed by atoms with van der Waals surface area (Å²) in [6.07, 6.45) is 8.74. The molecule has 1 aliphatic rings. The largest absolute Gasteiger partial charge is 0.442 e. The number of anilines is 1. The summed E-state index contributed by atoms with van der Waals surface area (Å²) in [4.78, 5) is 38.9. The Balaban J connectivity index is 1.27. The Kier molecular flexibility index (Phi) is 12.8. The summed E-state index contributed by atoms with van der Waals surface area (Å²) >= 11 is 0. The molecule has 2 aromatic rings. The highest BCUT2D eigenvalue weighted by molar-refractivity contribution is 5.97. The van der Waals surface area contributed by atoms with Crippen LogP contribution in [0.15, 0.2) is 45.6 Å². The Bertz CT molecular complexity index is 1140. The lowest BCUT2D eigenvalue weighted by atomic mass is 10.0. The van der Waals surface area contributed by atoms with Crippen LogP contribution in [0.1, 0.15) is 56.3 Å². The molecule has 10 nitrogen and oxygen atoms in total. The highest BCUT2D eigenvalue weighted by atomic mass is 16.6. The Morgan fingerprint density at radius 3 is 2.46 bits per heavy atom. The van der Waals surface area contributed by atoms with Crippen LogP contribution < -0.4 is 21.2 Å². The van der Waals surface area contributed by atoms with Gasteiger partial charge in [0.15, 0.2) is 0 Å². The second-order valence-electron chi connectivity index (χ2n) is 9.26. The molecule has 0 saturated carbocycles. The number of allylic oxidation sites excluding steroid dienone is 1. The van der Waals surface area contributed by atoms with Crippen LogP contribution in [0.3, 0.4) is 0 Å². The van der Waals surface area contributed by atoms with Crippen molar-refractivity contribution in [1.29, 1.82) is 0 Å². The normalized spacial score (nSPS) is 16.2. The molecule has 3 rings (SSSR count). The number of carbonyl (C=O) groups is 2. The van der Waals surface area contributed by atoms with Gasteiger partial charge in [0.05, 0.1) is 26.4 Å². The van der Waals surface area contributed by atoms with Gasteiger partial charge in [-0.05, 0) is 63.8 Å². The molecule has 1 aromatic heterocycles. The maximum atomic E-state index is 12.5. The lowest BCUT2D eigenvalue weighted by Crippen LogP contribution is -2.32. The predicted molar refractivity (Wildman–Crippen MR) is 151 cm³/mol. The SMILES string of the molecule is CCN(CC)c1ccc2cc(C(=O)NCCOCCOCCNC(=O)O[C@@H]3/C=C\CCCCC3)c(=O)oc2c1. The van der Waals surface area contributed by atoms with Gasteiger partial charge in [-0.2, -0.15) is 0 Å². The van der Waals surface area contributed by atoms with Gasteiger partial charge in [0.1, 0.15) is 17.3 Å². The van der Waals surface area contributed by atoms with E-state index in [4.69, 9.17) is 18.6 Å². The molecule has 0 spiro atoms. The summed E-state index contributed by atoms with van der Waals surface area (Å²) in [5.41, 5.74) is 0.692. The molecule has 10 heteroatoms.